The topological polar surface area (TPSA) is 102 Å². The van der Waals surface area contributed by atoms with Crippen LogP contribution < -0.4 is 19.6 Å². The zero-order chi connectivity index (χ0) is 28.9. The third-order valence-electron chi connectivity index (χ3n) is 6.23. The van der Waals surface area contributed by atoms with Crippen molar-refractivity contribution in [3.63, 3.8) is 0 Å². The molecule has 1 aromatic heterocycles. The molecule has 5 aromatic rings. The molecule has 206 valence electrons. The van der Waals surface area contributed by atoms with Crippen molar-refractivity contribution in [2.45, 2.75) is 0 Å². The summed E-state index contributed by atoms with van der Waals surface area (Å²) < 4.78 is 17.2. The molecule has 0 aliphatic heterocycles. The van der Waals surface area contributed by atoms with Crippen LogP contribution in [0.15, 0.2) is 94.5 Å². The molecule has 0 bridgehead atoms. The van der Waals surface area contributed by atoms with Gasteiger partial charge in [0.15, 0.2) is 11.5 Å². The Kier molecular flexibility index (Phi) is 8.37. The number of H-pyrrole nitrogens is 1. The highest BCUT2D eigenvalue weighted by molar-refractivity contribution is 9.10. The number of hydrazone groups is 1. The second-order valence-corrected chi connectivity index (χ2v) is 10.0. The largest absolute Gasteiger partial charge is 0.495 e. The zero-order valence-corrected chi connectivity index (χ0v) is 24.2. The summed E-state index contributed by atoms with van der Waals surface area (Å²) in [5, 5.41) is 5.48. The first kappa shape index (κ1) is 27.9. The molecular weight excluding hydrogens is 610 g/mol. The lowest BCUT2D eigenvalue weighted by Gasteiger charge is -2.10. The van der Waals surface area contributed by atoms with Crippen LogP contribution in [0.1, 0.15) is 26.4 Å². The van der Waals surface area contributed by atoms with Gasteiger partial charge < -0.3 is 19.2 Å². The highest BCUT2D eigenvalue weighted by Crippen LogP contribution is 2.40. The predicted octanol–water partition coefficient (Wildman–Crippen LogP) is 7.25. The molecule has 0 aliphatic rings. The van der Waals surface area contributed by atoms with E-state index in [-0.39, 0.29) is 5.75 Å². The predicted molar refractivity (Wildman–Crippen MR) is 162 cm³/mol. The highest BCUT2D eigenvalue weighted by Gasteiger charge is 2.23. The van der Waals surface area contributed by atoms with Crippen molar-refractivity contribution < 1.29 is 23.8 Å². The Morgan fingerprint density at radius 3 is 2.32 bits per heavy atom. The summed E-state index contributed by atoms with van der Waals surface area (Å²) in [6.07, 6.45) is 1.46. The lowest BCUT2D eigenvalue weighted by atomic mass is 10.0. The van der Waals surface area contributed by atoms with E-state index < -0.39 is 11.9 Å². The Balaban J connectivity index is 1.38. The zero-order valence-electron chi connectivity index (χ0n) is 21.9. The molecule has 10 heteroatoms. The van der Waals surface area contributed by atoms with Gasteiger partial charge in [-0.25, -0.2) is 10.2 Å². The minimum absolute atomic E-state index is 0.235. The number of aromatic amines is 1. The number of carbonyl (C=O) groups excluding carboxylic acids is 2. The third-order valence-corrected chi connectivity index (χ3v) is 7.14. The average molecular weight is 633 g/mol. The van der Waals surface area contributed by atoms with Crippen LogP contribution in [0.25, 0.3) is 22.0 Å². The van der Waals surface area contributed by atoms with E-state index in [1.807, 2.05) is 42.5 Å². The van der Waals surface area contributed by atoms with E-state index in [0.717, 1.165) is 15.4 Å². The van der Waals surface area contributed by atoms with E-state index in [0.29, 0.717) is 44.4 Å². The summed E-state index contributed by atoms with van der Waals surface area (Å²) in [7, 11) is 3.04. The quantitative estimate of drug-likeness (QED) is 0.0812. The van der Waals surface area contributed by atoms with Gasteiger partial charge >= 0.3 is 5.97 Å². The molecule has 0 atom stereocenters. The SMILES string of the molecule is COc1cc(C=NNC(=O)c2[nH]c3c(OC)ccc(Br)c3c2-c2ccccc2)ccc1OC(=O)c1ccc(Cl)cc1. The number of benzene rings is 4. The van der Waals surface area contributed by atoms with E-state index in [2.05, 4.69) is 31.4 Å². The van der Waals surface area contributed by atoms with Crippen molar-refractivity contribution >= 4 is 56.5 Å². The molecular formula is C31H23BrClN3O5. The van der Waals surface area contributed by atoms with Gasteiger partial charge in [-0.1, -0.05) is 57.9 Å². The van der Waals surface area contributed by atoms with Crippen molar-refractivity contribution in [3.05, 3.63) is 111 Å². The number of nitrogens with zero attached hydrogens (tertiary/aromatic N) is 1. The normalized spacial score (nSPS) is 11.0. The Bertz CT molecular complexity index is 1770. The number of hydrogen-bond donors (Lipinski definition) is 2. The summed E-state index contributed by atoms with van der Waals surface area (Å²) in [5.41, 5.74) is 6.13. The maximum atomic E-state index is 13.4. The first-order valence-electron chi connectivity index (χ1n) is 12.3. The third kappa shape index (κ3) is 5.96. The number of nitrogens with one attached hydrogen (secondary N) is 2. The van der Waals surface area contributed by atoms with Gasteiger partial charge in [0.25, 0.3) is 5.91 Å². The van der Waals surface area contributed by atoms with Gasteiger partial charge in [0.2, 0.25) is 0 Å². The number of hydrogen-bond acceptors (Lipinski definition) is 6. The molecule has 0 unspecified atom stereocenters. The lowest BCUT2D eigenvalue weighted by Crippen LogP contribution is -2.18. The van der Waals surface area contributed by atoms with Gasteiger partial charge in [-0.15, -0.1) is 0 Å². The van der Waals surface area contributed by atoms with Gasteiger partial charge in [-0.3, -0.25) is 4.79 Å². The van der Waals surface area contributed by atoms with Crippen molar-refractivity contribution in [2.24, 2.45) is 5.10 Å². The van der Waals surface area contributed by atoms with Crippen LogP contribution in [-0.2, 0) is 0 Å². The second-order valence-electron chi connectivity index (χ2n) is 8.75. The van der Waals surface area contributed by atoms with Gasteiger partial charge in [0.05, 0.1) is 31.5 Å². The second kappa shape index (κ2) is 12.3. The van der Waals surface area contributed by atoms with Crippen LogP contribution in [0, 0.1) is 0 Å². The molecule has 0 spiro atoms. The summed E-state index contributed by atoms with van der Waals surface area (Å²) in [6, 6.07) is 24.6. The number of ether oxygens (including phenoxy) is 3. The Morgan fingerprint density at radius 2 is 1.61 bits per heavy atom. The molecule has 0 radical (unpaired) electrons. The molecule has 5 rings (SSSR count). The number of rotatable bonds is 8. The maximum absolute atomic E-state index is 13.4. The smallest absolute Gasteiger partial charge is 0.343 e. The molecule has 41 heavy (non-hydrogen) atoms. The summed E-state index contributed by atoms with van der Waals surface area (Å²) >= 11 is 9.51. The van der Waals surface area contributed by atoms with E-state index in [1.54, 1.807) is 49.6 Å². The van der Waals surface area contributed by atoms with Crippen molar-refractivity contribution in [2.75, 3.05) is 14.2 Å². The minimum atomic E-state index is -0.551. The van der Waals surface area contributed by atoms with Gasteiger partial charge in [0, 0.05) is 20.4 Å². The number of esters is 1. The van der Waals surface area contributed by atoms with E-state index in [9.17, 15) is 9.59 Å². The van der Waals surface area contributed by atoms with Gasteiger partial charge in [-0.05, 0) is 65.7 Å². The number of aromatic nitrogens is 1. The lowest BCUT2D eigenvalue weighted by molar-refractivity contribution is 0.0729. The Labute approximate surface area is 249 Å². The number of amides is 1. The number of carbonyl (C=O) groups is 2. The molecule has 1 amide bonds. The highest BCUT2D eigenvalue weighted by atomic mass is 79.9. The molecule has 0 fully saturated rings. The average Bonchev–Trinajstić information content (AvgIpc) is 3.40. The number of halogens is 2. The molecule has 4 aromatic carbocycles. The van der Waals surface area contributed by atoms with Crippen molar-refractivity contribution in [1.29, 1.82) is 0 Å². The van der Waals surface area contributed by atoms with Crippen LogP contribution in [0.3, 0.4) is 0 Å². The molecule has 0 aliphatic carbocycles. The van der Waals surface area contributed by atoms with Crippen molar-refractivity contribution in [3.8, 4) is 28.4 Å². The Morgan fingerprint density at radius 1 is 0.902 bits per heavy atom. The molecule has 8 nitrogen and oxygen atoms in total. The molecule has 0 saturated carbocycles. The molecule has 0 saturated heterocycles. The standard InChI is InChI=1S/C31H23BrClN3O5/c1-39-24-15-13-22(32)27-26(19-6-4-3-5-7-19)29(35-28(24)27)30(37)36-34-17-18-8-14-23(25(16-18)40-2)41-31(38)20-9-11-21(33)12-10-20/h3-17,35H,1-2H3,(H,36,37). The number of fused-ring (bicyclic) bond motifs is 1. The fraction of sp³-hybridized carbons (Fsp3) is 0.0645. The summed E-state index contributed by atoms with van der Waals surface area (Å²) in [4.78, 5) is 29.1. The van der Waals surface area contributed by atoms with Crippen LogP contribution in [0.4, 0.5) is 0 Å². The van der Waals surface area contributed by atoms with E-state index >= 15 is 0 Å². The van der Waals surface area contributed by atoms with Gasteiger partial charge in [-0.2, -0.15) is 5.10 Å². The van der Waals surface area contributed by atoms with Crippen LogP contribution >= 0.6 is 27.5 Å². The summed E-state index contributed by atoms with van der Waals surface area (Å²) in [5.74, 6) is 0.169. The van der Waals surface area contributed by atoms with E-state index in [1.165, 1.54) is 13.3 Å². The Hall–Kier alpha value is -4.60. The molecule has 2 N–H and O–H groups in total. The summed E-state index contributed by atoms with van der Waals surface area (Å²) in [6.45, 7) is 0. The molecule has 1 heterocycles. The van der Waals surface area contributed by atoms with Crippen molar-refractivity contribution in [1.82, 2.24) is 10.4 Å². The van der Waals surface area contributed by atoms with E-state index in [4.69, 9.17) is 25.8 Å². The maximum Gasteiger partial charge on any atom is 0.343 e. The van der Waals surface area contributed by atoms with Crippen LogP contribution in [-0.4, -0.2) is 37.3 Å². The van der Waals surface area contributed by atoms with Gasteiger partial charge in [0.1, 0.15) is 11.4 Å². The minimum Gasteiger partial charge on any atom is -0.495 e. The van der Waals surface area contributed by atoms with Crippen LogP contribution in [0.2, 0.25) is 5.02 Å². The fourth-order valence-corrected chi connectivity index (χ4v) is 4.94. The fourth-order valence-electron chi connectivity index (χ4n) is 4.29. The first-order valence-corrected chi connectivity index (χ1v) is 13.5. The van der Waals surface area contributed by atoms with Crippen LogP contribution in [0.5, 0.6) is 17.2 Å². The first-order chi connectivity index (χ1) is 19.9. The monoisotopic (exact) mass is 631 g/mol. The number of methoxy groups -OCH3 is 2.